The number of anilines is 2. The third-order valence-electron chi connectivity index (χ3n) is 19.5. The summed E-state index contributed by atoms with van der Waals surface area (Å²) in [5.41, 5.74) is 12.8. The highest BCUT2D eigenvalue weighted by Crippen LogP contribution is 2.47. The van der Waals surface area contributed by atoms with Crippen LogP contribution in [0.15, 0.2) is 139 Å². The largest absolute Gasteiger partial charge is 0.495 e. The summed E-state index contributed by atoms with van der Waals surface area (Å²) in [6.07, 6.45) is 6.73. The fourth-order valence-electron chi connectivity index (χ4n) is 13.8. The normalized spacial score (nSPS) is 17.2. The first-order valence-corrected chi connectivity index (χ1v) is 33.2. The molecule has 98 heavy (non-hydrogen) atoms. The zero-order valence-electron chi connectivity index (χ0n) is 55.2. The van der Waals surface area contributed by atoms with Gasteiger partial charge in [-0.1, -0.05) is 96.8 Å². The Kier molecular flexibility index (Phi) is 19.1. The van der Waals surface area contributed by atoms with Crippen LogP contribution >= 0.6 is 0 Å². The SMILES string of the molecule is COc1ccc(C#CCNC2(C)CCN(C3CCN(c4nc([C@@](COCNC(=O)CNC(=O)[C@H](CC(N)=O)N(C)C(=O)OC5c6ccccc6-c6ccccc65)(OC5CC5)c5ccccc5)c5cc(-c6cn(C)c(=O)c7[nH]ccc67)ccc5n4)CC3)CC2)cc1N1CCC(=O)NC1=O. The number of hydrogen-bond donors (Lipinski definition) is 6. The van der Waals surface area contributed by atoms with Gasteiger partial charge >= 0.3 is 12.1 Å². The molecule has 0 bridgehead atoms. The minimum absolute atomic E-state index is 0.118. The van der Waals surface area contributed by atoms with Crippen LogP contribution in [-0.4, -0.2) is 162 Å². The van der Waals surface area contributed by atoms with E-state index >= 15 is 0 Å². The maximum absolute atomic E-state index is 13.9. The van der Waals surface area contributed by atoms with Gasteiger partial charge in [0, 0.05) is 110 Å². The molecule has 0 unspecified atom stereocenters. The van der Waals surface area contributed by atoms with Crippen molar-refractivity contribution in [3.63, 3.8) is 0 Å². The minimum Gasteiger partial charge on any atom is -0.495 e. The number of amides is 7. The van der Waals surface area contributed by atoms with E-state index in [4.69, 9.17) is 34.6 Å². The number of fused-ring (bicyclic) bond motifs is 5. The minimum atomic E-state index is -1.40. The van der Waals surface area contributed by atoms with Gasteiger partial charge in [-0.25, -0.2) is 19.6 Å². The van der Waals surface area contributed by atoms with Gasteiger partial charge in [0.15, 0.2) is 11.7 Å². The third kappa shape index (κ3) is 13.9. The predicted molar refractivity (Wildman–Crippen MR) is 369 cm³/mol. The van der Waals surface area contributed by atoms with Gasteiger partial charge in [0.1, 0.15) is 24.0 Å². The van der Waals surface area contributed by atoms with Crippen LogP contribution in [0.3, 0.4) is 0 Å². The monoisotopic (exact) mass is 1330 g/mol. The van der Waals surface area contributed by atoms with Crippen LogP contribution in [0.4, 0.5) is 21.2 Å². The Labute approximate surface area is 566 Å². The molecule has 24 nitrogen and oxygen atoms in total. The molecule has 7 N–H and O–H groups in total. The van der Waals surface area contributed by atoms with Crippen LogP contribution in [0.5, 0.6) is 5.75 Å². The number of carbonyl (C=O) groups is 6. The fraction of sp³-hybridized carbons (Fsp3) is 0.365. The number of pyridine rings is 1. The van der Waals surface area contributed by atoms with Crippen LogP contribution in [0.2, 0.25) is 0 Å². The number of likely N-dealkylation sites (N-methyl/N-ethyl adjacent to an activating group) is 1. The van der Waals surface area contributed by atoms with Gasteiger partial charge in [-0.15, -0.1) is 0 Å². The Bertz CT molecular complexity index is 4460. The zero-order chi connectivity index (χ0) is 68.2. The van der Waals surface area contributed by atoms with E-state index in [1.54, 1.807) is 31.0 Å². The molecule has 6 heterocycles. The third-order valence-corrected chi connectivity index (χ3v) is 19.5. The van der Waals surface area contributed by atoms with Gasteiger partial charge in [0.25, 0.3) is 5.56 Å². The van der Waals surface area contributed by atoms with Gasteiger partial charge in [-0.05, 0) is 104 Å². The van der Waals surface area contributed by atoms with Gasteiger partial charge in [0.05, 0.1) is 56.2 Å². The van der Waals surface area contributed by atoms with E-state index in [9.17, 15) is 33.6 Å². The average Bonchev–Trinajstić information content (AvgIpc) is 1.02. The van der Waals surface area contributed by atoms with Crippen LogP contribution < -0.4 is 47.1 Å². The highest BCUT2D eigenvalue weighted by molar-refractivity contribution is 6.06. The lowest BCUT2D eigenvalue weighted by Crippen LogP contribution is -2.55. The second-order valence-electron chi connectivity index (χ2n) is 26.0. The van der Waals surface area contributed by atoms with Crippen molar-refractivity contribution in [2.75, 3.05) is 83.1 Å². The summed E-state index contributed by atoms with van der Waals surface area (Å²) in [6.45, 7) is 5.26. The number of H-pyrrole nitrogens is 1. The Balaban J connectivity index is 0.703. The summed E-state index contributed by atoms with van der Waals surface area (Å²) in [4.78, 5) is 113. The smallest absolute Gasteiger partial charge is 0.411 e. The average molecular weight is 1330 g/mol. The summed E-state index contributed by atoms with van der Waals surface area (Å²) < 4.78 is 27.0. The van der Waals surface area contributed by atoms with E-state index in [1.165, 1.54) is 11.9 Å². The molecule has 13 rings (SSSR count). The summed E-state index contributed by atoms with van der Waals surface area (Å²) >= 11 is 0. The molecule has 0 spiro atoms. The van der Waals surface area contributed by atoms with E-state index in [0.717, 1.165) is 106 Å². The molecule has 2 aliphatic carbocycles. The summed E-state index contributed by atoms with van der Waals surface area (Å²) in [5.74, 6) is 5.03. The topological polar surface area (TPSA) is 290 Å². The van der Waals surface area contributed by atoms with E-state index < -0.39 is 60.6 Å². The van der Waals surface area contributed by atoms with Crippen molar-refractivity contribution in [3.05, 3.63) is 172 Å². The number of carbonyl (C=O) groups excluding carboxylic acids is 6. The lowest BCUT2D eigenvalue weighted by molar-refractivity contribution is -0.132. The number of benzene rings is 5. The quantitative estimate of drug-likeness (QED) is 0.0224. The number of aromatic amines is 1. The number of aryl methyl sites for hydroxylation is 1. The number of nitrogens with one attached hydrogen (secondary N) is 5. The highest BCUT2D eigenvalue weighted by Gasteiger charge is 2.45. The molecule has 3 saturated heterocycles. The second kappa shape index (κ2) is 28.3. The first-order valence-electron chi connectivity index (χ1n) is 33.2. The number of nitrogens with zero attached hydrogens (tertiary/aromatic N) is 7. The molecule has 8 aromatic rings. The molecule has 4 fully saturated rings. The fourth-order valence-corrected chi connectivity index (χ4v) is 13.8. The van der Waals surface area contributed by atoms with E-state index in [1.807, 2.05) is 121 Å². The van der Waals surface area contributed by atoms with Gasteiger partial charge < -0.3 is 60.0 Å². The number of imide groups is 1. The van der Waals surface area contributed by atoms with Crippen molar-refractivity contribution in [2.45, 2.75) is 93.7 Å². The number of ether oxygens (including phenoxy) is 4. The first kappa shape index (κ1) is 66.2. The van der Waals surface area contributed by atoms with Gasteiger partial charge in [-0.3, -0.25) is 39.1 Å². The molecule has 1 saturated carbocycles. The summed E-state index contributed by atoms with van der Waals surface area (Å²) in [7, 11) is 4.62. The number of piperidine rings is 2. The van der Waals surface area contributed by atoms with Crippen LogP contribution in [0.25, 0.3) is 44.1 Å². The number of urea groups is 1. The number of likely N-dealkylation sites (tertiary alicyclic amines) is 1. The molecule has 3 aromatic heterocycles. The molecule has 7 amide bonds. The predicted octanol–water partition coefficient (Wildman–Crippen LogP) is 7.11. The van der Waals surface area contributed by atoms with Gasteiger partial charge in [-0.2, -0.15) is 0 Å². The Morgan fingerprint density at radius 2 is 1.55 bits per heavy atom. The molecule has 0 radical (unpaired) electrons. The van der Waals surface area contributed by atoms with Crippen LogP contribution in [0.1, 0.15) is 92.3 Å². The molecule has 5 aliphatic rings. The molecular weight excluding hydrogens is 1250 g/mol. The number of methoxy groups -OCH3 is 1. The molecule has 2 atom stereocenters. The van der Waals surface area contributed by atoms with Crippen molar-refractivity contribution in [1.82, 2.24) is 50.6 Å². The van der Waals surface area contributed by atoms with Crippen molar-refractivity contribution < 1.29 is 47.7 Å². The van der Waals surface area contributed by atoms with Crippen LogP contribution in [0, 0.1) is 11.8 Å². The van der Waals surface area contributed by atoms with Gasteiger partial charge in [0.2, 0.25) is 29.6 Å². The lowest BCUT2D eigenvalue weighted by Gasteiger charge is -2.45. The number of rotatable bonds is 22. The Morgan fingerprint density at radius 1 is 0.827 bits per heavy atom. The molecular formula is C74H79N13O11. The zero-order valence-corrected chi connectivity index (χ0v) is 55.2. The van der Waals surface area contributed by atoms with Crippen molar-refractivity contribution >= 4 is 69.2 Å². The van der Waals surface area contributed by atoms with Crippen LogP contribution in [-0.2, 0) is 46.0 Å². The highest BCUT2D eigenvalue weighted by atomic mass is 16.6. The van der Waals surface area contributed by atoms with E-state index in [-0.39, 0.29) is 49.4 Å². The maximum Gasteiger partial charge on any atom is 0.411 e. The molecule has 5 aromatic carbocycles. The Morgan fingerprint density at radius 3 is 2.26 bits per heavy atom. The standard InChI is InChI=1S/C74H79N13O11/c1-73(79-32-12-13-46-20-25-61(95-4)59(39-46)87-36-29-63(89)81-71(87)93)30-37-85(38-31-73)49-27-34-86(35-28-49)70-80-58-24-21-47(57-43-83(2)69(92)65-53(57)26-33-76-65)40-56(58)67(82-70)74(98-50-22-23-50,48-14-6-5-7-15-48)44-96-45-78-64(90)42-77-68(91)60(41-62(75)88)84(3)72(94)97-66-54-18-10-8-16-51(54)52-17-9-11-19-55(52)66/h5-11,14-21,24-26,33,39-40,43,49-50,60,66,76,79H,22-23,27-32,34-38,41-42,44-45H2,1-4H3,(H2,75,88)(H,77,91)(H,78,90)(H,81,89,93)/t60-,74-/m0/s1. The second-order valence-corrected chi connectivity index (χ2v) is 26.0. The van der Waals surface area contributed by atoms with Crippen molar-refractivity contribution in [2.24, 2.45) is 12.8 Å². The summed E-state index contributed by atoms with van der Waals surface area (Å²) in [5, 5.41) is 12.9. The number of hydrogen-bond acceptors (Lipinski definition) is 16. The van der Waals surface area contributed by atoms with Crippen molar-refractivity contribution in [1.29, 1.82) is 0 Å². The van der Waals surface area contributed by atoms with E-state index in [0.29, 0.717) is 65.2 Å². The molecule has 506 valence electrons. The lowest BCUT2D eigenvalue weighted by atomic mass is 9.87. The first-order chi connectivity index (χ1) is 47.5. The van der Waals surface area contributed by atoms with Crippen molar-refractivity contribution in [3.8, 4) is 39.8 Å². The molecule has 24 heteroatoms. The van der Waals surface area contributed by atoms with E-state index in [2.05, 4.69) is 54.8 Å². The number of nitrogens with two attached hydrogens (primary N) is 1. The maximum atomic E-state index is 13.9. The number of primary amides is 1. The molecule has 3 aliphatic heterocycles. The summed E-state index contributed by atoms with van der Waals surface area (Å²) in [6, 6.07) is 36.8. The Hall–Kier alpha value is -10.5. The number of aromatic nitrogens is 4.